The third-order valence-corrected chi connectivity index (χ3v) is 15.1. The van der Waals surface area contributed by atoms with Gasteiger partial charge in [0.2, 0.25) is 10.3 Å². The van der Waals surface area contributed by atoms with Crippen LogP contribution in [0, 0.1) is 0 Å². The van der Waals surface area contributed by atoms with Crippen LogP contribution in [0.3, 0.4) is 0 Å². The molecule has 4 aromatic carbocycles. The fourth-order valence-corrected chi connectivity index (χ4v) is 12.6. The van der Waals surface area contributed by atoms with E-state index in [0.717, 1.165) is 112 Å². The summed E-state index contributed by atoms with van der Waals surface area (Å²) >= 11 is 12.1. The molecule has 310 valence electrons. The van der Waals surface area contributed by atoms with Crippen molar-refractivity contribution >= 4 is 124 Å². The Morgan fingerprint density at radius 2 is 1.07 bits per heavy atom. The molecule has 21 heteroatoms. The zero-order chi connectivity index (χ0) is 40.3. The summed E-state index contributed by atoms with van der Waals surface area (Å²) < 4.78 is 71.7. The molecular formula is C38H34BrClN8O6PdS4. The summed E-state index contributed by atoms with van der Waals surface area (Å²) in [7, 11) is -8.89. The molecule has 0 bridgehead atoms. The molecule has 10 rings (SSSR count). The molecule has 0 spiro atoms. The van der Waals surface area contributed by atoms with Gasteiger partial charge >= 0.3 is 0 Å². The summed E-state index contributed by atoms with van der Waals surface area (Å²) in [6.07, 6.45) is 6.63. The average Bonchev–Trinajstić information content (AvgIpc) is 3.78. The summed E-state index contributed by atoms with van der Waals surface area (Å²) in [6.45, 7) is 3.63. The Balaban J connectivity index is 0.000000161. The number of azo groups is 2. The molecular weight excluding hydrogens is 1010 g/mol. The molecule has 6 heterocycles. The van der Waals surface area contributed by atoms with Crippen molar-refractivity contribution in [2.45, 2.75) is 61.2 Å². The van der Waals surface area contributed by atoms with Crippen molar-refractivity contribution in [1.29, 1.82) is 0 Å². The predicted octanol–water partition coefficient (Wildman–Crippen LogP) is 10.7. The Hall–Kier alpha value is -3.29. The minimum atomic E-state index is -4.45. The molecule has 4 aliphatic heterocycles. The van der Waals surface area contributed by atoms with Crippen LogP contribution in [0.2, 0.25) is 5.02 Å². The molecule has 0 amide bonds. The summed E-state index contributed by atoms with van der Waals surface area (Å²) in [5.41, 5.74) is 7.26. The van der Waals surface area contributed by atoms with Gasteiger partial charge < -0.3 is 9.80 Å². The Bertz CT molecular complexity index is 2740. The van der Waals surface area contributed by atoms with Crippen LogP contribution in [0.25, 0.3) is 20.4 Å². The largest absolute Gasteiger partial charge is 0.371 e. The van der Waals surface area contributed by atoms with Gasteiger partial charge in [0.25, 0.3) is 20.2 Å². The van der Waals surface area contributed by atoms with Gasteiger partial charge in [0.15, 0.2) is 0 Å². The molecule has 0 saturated carbocycles. The second-order valence-electron chi connectivity index (χ2n) is 14.4. The molecule has 0 fully saturated rings. The zero-order valence-corrected chi connectivity index (χ0v) is 38.1. The van der Waals surface area contributed by atoms with E-state index in [9.17, 15) is 25.9 Å². The van der Waals surface area contributed by atoms with E-state index in [1.54, 1.807) is 30.3 Å². The second kappa shape index (κ2) is 16.9. The van der Waals surface area contributed by atoms with Crippen LogP contribution in [-0.2, 0) is 66.3 Å². The van der Waals surface area contributed by atoms with Gasteiger partial charge in [-0.25, -0.2) is 9.97 Å². The zero-order valence-electron chi connectivity index (χ0n) is 30.9. The first-order valence-corrected chi connectivity index (χ1v) is 24.3. The van der Waals surface area contributed by atoms with Crippen molar-refractivity contribution in [3.63, 3.8) is 0 Å². The average molecular weight is 1050 g/mol. The first-order chi connectivity index (χ1) is 27.8. The van der Waals surface area contributed by atoms with E-state index in [4.69, 9.17) is 11.6 Å². The van der Waals surface area contributed by atoms with Crippen molar-refractivity contribution in [2.75, 3.05) is 36.0 Å². The number of halogens is 2. The van der Waals surface area contributed by atoms with Crippen LogP contribution in [-0.4, -0.2) is 62.1 Å². The van der Waals surface area contributed by atoms with E-state index in [1.807, 2.05) is 18.2 Å². The molecule has 0 saturated heterocycles. The third kappa shape index (κ3) is 8.63. The molecule has 0 aliphatic carbocycles. The molecule has 0 unspecified atom stereocenters. The third-order valence-electron chi connectivity index (χ3n) is 10.6. The van der Waals surface area contributed by atoms with Crippen LogP contribution in [0.4, 0.5) is 33.0 Å². The van der Waals surface area contributed by atoms with E-state index in [1.165, 1.54) is 22.7 Å². The molecule has 2 N–H and O–H groups in total. The van der Waals surface area contributed by atoms with Crippen LogP contribution in [0.15, 0.2) is 83.3 Å². The predicted molar refractivity (Wildman–Crippen MR) is 231 cm³/mol. The Morgan fingerprint density at radius 3 is 1.54 bits per heavy atom. The van der Waals surface area contributed by atoms with Gasteiger partial charge in [-0.3, -0.25) is 9.11 Å². The van der Waals surface area contributed by atoms with Gasteiger partial charge in [-0.05, 0) is 122 Å². The summed E-state index contributed by atoms with van der Waals surface area (Å²) in [4.78, 5) is 13.0. The number of benzene rings is 4. The Morgan fingerprint density at radius 1 is 0.627 bits per heavy atom. The van der Waals surface area contributed by atoms with Crippen molar-refractivity contribution in [3.05, 3.63) is 80.3 Å². The van der Waals surface area contributed by atoms with Gasteiger partial charge in [0.05, 0.1) is 20.4 Å². The smallest absolute Gasteiger partial charge is 0.297 e. The number of aryl methyl sites for hydroxylation is 2. The molecule has 0 atom stereocenters. The van der Waals surface area contributed by atoms with Crippen molar-refractivity contribution in [3.8, 4) is 0 Å². The van der Waals surface area contributed by atoms with Gasteiger partial charge in [0.1, 0.15) is 21.2 Å². The number of fused-ring (bicyclic) bond motifs is 2. The number of anilines is 2. The van der Waals surface area contributed by atoms with Gasteiger partial charge in [-0.15, -0.1) is 20.5 Å². The summed E-state index contributed by atoms with van der Waals surface area (Å²) in [5.74, 6) is 0. The van der Waals surface area contributed by atoms with Gasteiger partial charge in [-0.2, -0.15) is 16.8 Å². The molecule has 6 aromatic rings. The minimum absolute atomic E-state index is 0. The van der Waals surface area contributed by atoms with E-state index < -0.39 is 20.2 Å². The van der Waals surface area contributed by atoms with Crippen LogP contribution >= 0.6 is 50.2 Å². The van der Waals surface area contributed by atoms with Crippen LogP contribution < -0.4 is 9.80 Å². The fraction of sp³-hybridized carbons (Fsp3) is 0.316. The van der Waals surface area contributed by atoms with E-state index >= 15 is 0 Å². The molecule has 0 radical (unpaired) electrons. The first kappa shape index (κ1) is 42.4. The Kier molecular flexibility index (Phi) is 12.1. The first-order valence-electron chi connectivity index (χ1n) is 18.6. The number of nitrogens with zero attached hydrogens (tertiary/aromatic N) is 8. The fourth-order valence-electron chi connectivity index (χ4n) is 8.40. The van der Waals surface area contributed by atoms with Gasteiger partial charge in [0, 0.05) is 67.5 Å². The monoisotopic (exact) mass is 1050 g/mol. The normalized spacial score (nSPS) is 16.3. The van der Waals surface area contributed by atoms with Crippen LogP contribution in [0.1, 0.15) is 47.9 Å². The summed E-state index contributed by atoms with van der Waals surface area (Å²) in [6, 6.07) is 14.6. The van der Waals surface area contributed by atoms with E-state index in [-0.39, 0.29) is 41.6 Å². The molecule has 2 aromatic heterocycles. The van der Waals surface area contributed by atoms with Crippen LogP contribution in [0.5, 0.6) is 0 Å². The number of hydrogen-bond acceptors (Lipinski definition) is 14. The molecule has 4 aliphatic rings. The topological polar surface area (TPSA) is 190 Å². The second-order valence-corrected chi connectivity index (χ2v) is 20.5. The maximum absolute atomic E-state index is 12.3. The number of thiazole rings is 2. The van der Waals surface area contributed by atoms with Gasteiger partial charge in [-0.1, -0.05) is 50.2 Å². The quantitative estimate of drug-likeness (QED) is 0.0922. The number of hydrogen-bond donors (Lipinski definition) is 2. The van der Waals surface area contributed by atoms with E-state index in [2.05, 4.69) is 56.2 Å². The molecule has 59 heavy (non-hydrogen) atoms. The standard InChI is InChI=1S/C19H17BrN4O3S2.C19H17ClN4O3S2.Pd/c2*20-12-5-6-14-16(10-12)28-19(21-14)23-22-15-9-11-3-1-7-24-8-2-4-13(17(11)24)18(15)29(25,26)27;/h2*5-6,9-10H,1-4,7-8H2,(H,25,26,27);. The molecule has 14 nitrogen and oxygen atoms in total. The van der Waals surface area contributed by atoms with Crippen molar-refractivity contribution in [2.24, 2.45) is 20.5 Å². The number of rotatable bonds is 6. The SMILES string of the molecule is O=S(=O)(O)c1c(N=Nc2nc3ccc(Br)cc3s2)cc2c3c1CCCN3CCC2.O=S(=O)(O)c1c(N=Nc2nc3ccc(Cl)cc3s2)cc2c3c1CCCN3CCC2.[Pd]. The van der Waals surface area contributed by atoms with Crippen molar-refractivity contribution < 1.29 is 46.4 Å². The van der Waals surface area contributed by atoms with Crippen molar-refractivity contribution in [1.82, 2.24) is 9.97 Å². The number of aromatic nitrogens is 2. The minimum Gasteiger partial charge on any atom is -0.371 e. The maximum Gasteiger partial charge on any atom is 0.297 e. The Labute approximate surface area is 375 Å². The summed E-state index contributed by atoms with van der Waals surface area (Å²) in [5, 5.41) is 18.3. The maximum atomic E-state index is 12.3. The van der Waals surface area contributed by atoms with E-state index in [0.29, 0.717) is 39.3 Å².